The molecule has 0 amide bonds. The van der Waals surface area contributed by atoms with E-state index in [1.807, 2.05) is 0 Å². The molecule has 0 saturated heterocycles. The molecule has 4 fully saturated rings. The molecule has 7 atom stereocenters. The van der Waals surface area contributed by atoms with Gasteiger partial charge in [0, 0.05) is 0 Å². The second kappa shape index (κ2) is 7.23. The summed E-state index contributed by atoms with van der Waals surface area (Å²) in [5, 5.41) is 0. The second-order valence-electron chi connectivity index (χ2n) is 14.4. The zero-order valence-corrected chi connectivity index (χ0v) is 22.7. The van der Waals surface area contributed by atoms with Crippen molar-refractivity contribution in [3.63, 3.8) is 0 Å². The molecule has 4 saturated carbocycles. The molecule has 33 heavy (non-hydrogen) atoms. The highest BCUT2D eigenvalue weighted by Gasteiger charge is 2.68. The first-order valence-corrected chi connectivity index (χ1v) is 13.8. The van der Waals surface area contributed by atoms with E-state index in [-0.39, 0.29) is 16.8 Å². The van der Waals surface area contributed by atoms with Gasteiger partial charge in [-0.3, -0.25) is 4.79 Å². The Morgan fingerprint density at radius 2 is 1.64 bits per heavy atom. The Morgan fingerprint density at radius 1 is 0.939 bits per heavy atom. The third kappa shape index (κ3) is 2.94. The molecule has 0 spiro atoms. The van der Waals surface area contributed by atoms with Gasteiger partial charge in [0.25, 0.3) is 0 Å². The van der Waals surface area contributed by atoms with E-state index < -0.39 is 0 Å². The minimum absolute atomic E-state index is 0.0675. The lowest BCUT2D eigenvalue weighted by molar-refractivity contribution is -0.173. The first-order valence-electron chi connectivity index (χ1n) is 13.8. The van der Waals surface area contributed by atoms with Gasteiger partial charge in [0.05, 0.1) is 12.5 Å². The molecule has 0 aromatic rings. The lowest BCUT2D eigenvalue weighted by atomic mass is 9.36. The predicted octanol–water partition coefficient (Wildman–Crippen LogP) is 8.27. The average molecular weight is 453 g/mol. The summed E-state index contributed by atoms with van der Waals surface area (Å²) in [5.41, 5.74) is 5.96. The van der Waals surface area contributed by atoms with Gasteiger partial charge in [-0.05, 0) is 117 Å². The number of esters is 1. The van der Waals surface area contributed by atoms with Crippen LogP contribution in [0, 0.1) is 44.8 Å². The van der Waals surface area contributed by atoms with Crippen molar-refractivity contribution in [2.24, 2.45) is 44.8 Å². The topological polar surface area (TPSA) is 26.3 Å². The minimum Gasteiger partial charge on any atom is -0.469 e. The summed E-state index contributed by atoms with van der Waals surface area (Å²) in [6.45, 7) is 17.4. The second-order valence-corrected chi connectivity index (χ2v) is 14.4. The van der Waals surface area contributed by atoms with Crippen LogP contribution in [0.4, 0.5) is 0 Å². The van der Waals surface area contributed by atoms with Crippen LogP contribution in [0.25, 0.3) is 0 Å². The van der Waals surface area contributed by atoms with Crippen molar-refractivity contribution in [3.05, 3.63) is 22.8 Å². The van der Waals surface area contributed by atoms with Gasteiger partial charge in [0.1, 0.15) is 0 Å². The molecule has 0 aliphatic heterocycles. The first-order chi connectivity index (χ1) is 15.3. The number of rotatable bonds is 1. The van der Waals surface area contributed by atoms with Gasteiger partial charge in [0.15, 0.2) is 0 Å². The molecule has 2 nitrogen and oxygen atoms in total. The van der Waals surface area contributed by atoms with Gasteiger partial charge in [0.2, 0.25) is 0 Å². The fourth-order valence-corrected chi connectivity index (χ4v) is 10.3. The molecule has 0 unspecified atom stereocenters. The maximum Gasteiger partial charge on any atom is 0.312 e. The lowest BCUT2D eigenvalue weighted by Crippen LogP contribution is -2.61. The SMILES string of the molecule is COC(=O)[C@]12CCC(C)(C)C[C@H]1C1=CC[C@@H]3[C@@]4(C)CCC(=C(C)C)[C@@H]4CC[C@@]3(C)[C@]1(C)CC2. The van der Waals surface area contributed by atoms with Gasteiger partial charge in [-0.25, -0.2) is 0 Å². The Bertz CT molecular complexity index is 919. The highest BCUT2D eigenvalue weighted by Crippen LogP contribution is 2.75. The molecule has 5 aliphatic rings. The summed E-state index contributed by atoms with van der Waals surface area (Å²) < 4.78 is 5.50. The highest BCUT2D eigenvalue weighted by molar-refractivity contribution is 5.78. The van der Waals surface area contributed by atoms with Crippen LogP contribution in [0.5, 0.6) is 0 Å². The van der Waals surface area contributed by atoms with Gasteiger partial charge >= 0.3 is 5.97 Å². The van der Waals surface area contributed by atoms with E-state index >= 15 is 0 Å². The third-order valence-electron chi connectivity index (χ3n) is 12.5. The molecule has 0 radical (unpaired) electrons. The molecule has 2 heteroatoms. The maximum atomic E-state index is 13.3. The summed E-state index contributed by atoms with van der Waals surface area (Å²) in [4.78, 5) is 13.3. The van der Waals surface area contributed by atoms with E-state index in [1.165, 1.54) is 32.1 Å². The van der Waals surface area contributed by atoms with Crippen LogP contribution < -0.4 is 0 Å². The number of methoxy groups -OCH3 is 1. The number of ether oxygens (including phenoxy) is 1. The first kappa shape index (κ1) is 23.7. The fraction of sp³-hybridized carbons (Fsp3) is 0.839. The number of hydrogen-bond acceptors (Lipinski definition) is 2. The van der Waals surface area contributed by atoms with Crippen LogP contribution in [0.2, 0.25) is 0 Å². The number of hydrogen-bond donors (Lipinski definition) is 0. The normalized spacial score (nSPS) is 48.1. The van der Waals surface area contributed by atoms with E-state index in [4.69, 9.17) is 4.74 Å². The summed E-state index contributed by atoms with van der Waals surface area (Å²) in [5.74, 6) is 1.95. The van der Waals surface area contributed by atoms with Crippen molar-refractivity contribution in [1.82, 2.24) is 0 Å². The highest BCUT2D eigenvalue weighted by atomic mass is 16.5. The zero-order valence-electron chi connectivity index (χ0n) is 22.7. The Kier molecular flexibility index (Phi) is 5.19. The standard InChI is InChI=1S/C31H48O2/c1-20(2)21-11-13-28(5)22(21)12-14-30(7)25(28)10-9-23-24-19-27(3,4)15-17-31(24,26(32)33-8)18-16-29(23,30)6/h9,22,24-25H,10-19H2,1-8H3/t22-,24-,25+,28-,29+,30+,31-/m0/s1. The van der Waals surface area contributed by atoms with Gasteiger partial charge in [-0.15, -0.1) is 0 Å². The van der Waals surface area contributed by atoms with Crippen LogP contribution >= 0.6 is 0 Å². The van der Waals surface area contributed by atoms with E-state index in [0.717, 1.165) is 43.9 Å². The van der Waals surface area contributed by atoms with E-state index in [9.17, 15) is 4.79 Å². The number of carbonyl (C=O) groups is 1. The maximum absolute atomic E-state index is 13.3. The molecule has 5 aliphatic carbocycles. The Balaban J connectivity index is 1.60. The van der Waals surface area contributed by atoms with E-state index in [2.05, 4.69) is 54.5 Å². The molecule has 0 bridgehead atoms. The largest absolute Gasteiger partial charge is 0.469 e. The van der Waals surface area contributed by atoms with Crippen molar-refractivity contribution in [2.45, 2.75) is 113 Å². The van der Waals surface area contributed by atoms with Crippen molar-refractivity contribution in [2.75, 3.05) is 7.11 Å². The van der Waals surface area contributed by atoms with Crippen molar-refractivity contribution >= 4 is 5.97 Å². The molecule has 0 aromatic heterocycles. The molecule has 5 rings (SSSR count). The zero-order chi connectivity index (χ0) is 24.0. The summed E-state index contributed by atoms with van der Waals surface area (Å²) >= 11 is 0. The van der Waals surface area contributed by atoms with Crippen LogP contribution in [0.15, 0.2) is 22.8 Å². The third-order valence-corrected chi connectivity index (χ3v) is 12.5. The molecule has 0 aromatic carbocycles. The molecule has 184 valence electrons. The van der Waals surface area contributed by atoms with Gasteiger partial charge < -0.3 is 4.74 Å². The number of fused-ring (bicyclic) bond motifs is 7. The van der Waals surface area contributed by atoms with Crippen LogP contribution in [-0.2, 0) is 9.53 Å². The smallest absolute Gasteiger partial charge is 0.312 e. The van der Waals surface area contributed by atoms with Crippen LogP contribution in [0.3, 0.4) is 0 Å². The van der Waals surface area contributed by atoms with Crippen molar-refractivity contribution < 1.29 is 9.53 Å². The van der Waals surface area contributed by atoms with Crippen LogP contribution in [-0.4, -0.2) is 13.1 Å². The number of allylic oxidation sites excluding steroid dienone is 4. The minimum atomic E-state index is -0.289. The summed E-state index contributed by atoms with van der Waals surface area (Å²) in [7, 11) is 1.61. The van der Waals surface area contributed by atoms with E-state index in [0.29, 0.717) is 22.2 Å². The van der Waals surface area contributed by atoms with Gasteiger partial charge in [-0.1, -0.05) is 57.4 Å². The predicted molar refractivity (Wildman–Crippen MR) is 136 cm³/mol. The van der Waals surface area contributed by atoms with Gasteiger partial charge in [-0.2, -0.15) is 0 Å². The summed E-state index contributed by atoms with van der Waals surface area (Å²) in [6.07, 6.45) is 14.7. The monoisotopic (exact) mass is 452 g/mol. The molecule has 0 N–H and O–H groups in total. The van der Waals surface area contributed by atoms with Crippen LogP contribution in [0.1, 0.15) is 113 Å². The molecule has 0 heterocycles. The van der Waals surface area contributed by atoms with Crippen molar-refractivity contribution in [3.8, 4) is 0 Å². The van der Waals surface area contributed by atoms with Crippen molar-refractivity contribution in [1.29, 1.82) is 0 Å². The average Bonchev–Trinajstić information content (AvgIpc) is 3.10. The Morgan fingerprint density at radius 3 is 2.30 bits per heavy atom. The molecular formula is C31H48O2. The lowest BCUT2D eigenvalue weighted by Gasteiger charge is -2.68. The summed E-state index contributed by atoms with van der Waals surface area (Å²) in [6, 6.07) is 0. The Labute approximate surface area is 203 Å². The Hall–Kier alpha value is -1.05. The number of carbonyl (C=O) groups excluding carboxylic acids is 1. The quantitative estimate of drug-likeness (QED) is 0.295. The fourth-order valence-electron chi connectivity index (χ4n) is 10.3. The van der Waals surface area contributed by atoms with E-state index in [1.54, 1.807) is 23.8 Å². The molecular weight excluding hydrogens is 404 g/mol.